The van der Waals surface area contributed by atoms with E-state index in [1.807, 2.05) is 44.2 Å². The number of halogens is 1. The van der Waals surface area contributed by atoms with Crippen LogP contribution < -0.4 is 5.32 Å². The number of hydrogen-bond donors (Lipinski definition) is 1. The molecule has 1 aromatic heterocycles. The van der Waals surface area contributed by atoms with E-state index in [-0.39, 0.29) is 11.2 Å². The Hall–Kier alpha value is -2.02. The first kappa shape index (κ1) is 23.1. The highest BCUT2D eigenvalue weighted by Crippen LogP contribution is 2.31. The van der Waals surface area contributed by atoms with Gasteiger partial charge in [-0.3, -0.25) is 4.79 Å². The molecule has 0 spiro atoms. The molecular weight excluding hydrogens is 440 g/mol. The standard InChI is InChI=1S/C25H31ClN4OS/c1-4-29-13-11-19(12-14-29)16-30-23-8-6-5-7-22(23)28-25(30)32-18(3)24(31)27-21-10-9-17(2)15-20(21)26/h5-10,15,18-19H,4,11-14,16H2,1-3H3,(H,27,31). The molecule has 7 heteroatoms. The molecule has 1 amide bonds. The Kier molecular flexibility index (Phi) is 7.44. The maximum absolute atomic E-state index is 12.9. The highest BCUT2D eigenvalue weighted by Gasteiger charge is 2.24. The summed E-state index contributed by atoms with van der Waals surface area (Å²) in [4.78, 5) is 20.3. The second-order valence-corrected chi connectivity index (χ2v) is 10.3. The molecule has 1 fully saturated rings. The van der Waals surface area contributed by atoms with Gasteiger partial charge in [-0.15, -0.1) is 0 Å². The maximum atomic E-state index is 12.9. The van der Waals surface area contributed by atoms with Gasteiger partial charge in [0.15, 0.2) is 5.16 Å². The van der Waals surface area contributed by atoms with E-state index in [1.165, 1.54) is 24.6 Å². The van der Waals surface area contributed by atoms with E-state index in [4.69, 9.17) is 16.6 Å². The van der Waals surface area contributed by atoms with Crippen molar-refractivity contribution in [3.63, 3.8) is 0 Å². The summed E-state index contributed by atoms with van der Waals surface area (Å²) in [5.41, 5.74) is 3.83. The van der Waals surface area contributed by atoms with E-state index in [0.717, 1.165) is 47.9 Å². The van der Waals surface area contributed by atoms with Gasteiger partial charge in [-0.1, -0.05) is 48.5 Å². The Balaban J connectivity index is 1.50. The molecule has 0 aliphatic carbocycles. The fourth-order valence-corrected chi connectivity index (χ4v) is 5.45. The number of nitrogens with zero attached hydrogens (tertiary/aromatic N) is 3. The fraction of sp³-hybridized carbons (Fsp3) is 0.440. The number of hydrogen-bond acceptors (Lipinski definition) is 4. The van der Waals surface area contributed by atoms with Crippen LogP contribution in [0.4, 0.5) is 5.69 Å². The van der Waals surface area contributed by atoms with Gasteiger partial charge in [-0.2, -0.15) is 0 Å². The molecule has 2 aromatic carbocycles. The lowest BCUT2D eigenvalue weighted by Gasteiger charge is -2.31. The van der Waals surface area contributed by atoms with E-state index in [9.17, 15) is 4.79 Å². The highest BCUT2D eigenvalue weighted by molar-refractivity contribution is 8.00. The van der Waals surface area contributed by atoms with Gasteiger partial charge in [-0.25, -0.2) is 4.98 Å². The summed E-state index contributed by atoms with van der Waals surface area (Å²) >= 11 is 7.82. The molecule has 2 heterocycles. The summed E-state index contributed by atoms with van der Waals surface area (Å²) in [7, 11) is 0. The van der Waals surface area contributed by atoms with Gasteiger partial charge in [0.25, 0.3) is 0 Å². The van der Waals surface area contributed by atoms with Crippen LogP contribution in [0.2, 0.25) is 5.02 Å². The average molecular weight is 471 g/mol. The van der Waals surface area contributed by atoms with Gasteiger partial charge in [0.1, 0.15) is 0 Å². The number of likely N-dealkylation sites (tertiary alicyclic amines) is 1. The van der Waals surface area contributed by atoms with E-state index in [2.05, 4.69) is 33.8 Å². The minimum atomic E-state index is -0.301. The average Bonchev–Trinajstić information content (AvgIpc) is 3.13. The Bertz CT molecular complexity index is 1090. The van der Waals surface area contributed by atoms with Crippen LogP contribution in [0.15, 0.2) is 47.6 Å². The van der Waals surface area contributed by atoms with E-state index < -0.39 is 0 Å². The van der Waals surface area contributed by atoms with E-state index in [1.54, 1.807) is 0 Å². The van der Waals surface area contributed by atoms with Crippen molar-refractivity contribution < 1.29 is 4.79 Å². The molecule has 170 valence electrons. The van der Waals surface area contributed by atoms with Gasteiger partial charge in [-0.05, 0) is 82.1 Å². The number of imidazole rings is 1. The van der Waals surface area contributed by atoms with Crippen LogP contribution in [0, 0.1) is 12.8 Å². The molecule has 0 bridgehead atoms. The number of piperidine rings is 1. The van der Waals surface area contributed by atoms with Crippen LogP contribution >= 0.6 is 23.4 Å². The molecule has 1 aliphatic rings. The fourth-order valence-electron chi connectivity index (χ4n) is 4.23. The Morgan fingerprint density at radius 3 is 2.72 bits per heavy atom. The summed E-state index contributed by atoms with van der Waals surface area (Å²) < 4.78 is 2.31. The molecule has 32 heavy (non-hydrogen) atoms. The van der Waals surface area contributed by atoms with Gasteiger partial charge < -0.3 is 14.8 Å². The number of rotatable bonds is 7. The molecule has 1 aliphatic heterocycles. The normalized spacial score (nSPS) is 16.4. The number of carbonyl (C=O) groups excluding carboxylic acids is 1. The van der Waals surface area contributed by atoms with Crippen LogP contribution in [0.1, 0.15) is 32.3 Å². The van der Waals surface area contributed by atoms with Crippen molar-refractivity contribution in [3.05, 3.63) is 53.1 Å². The summed E-state index contributed by atoms with van der Waals surface area (Å²) in [6.45, 7) is 10.5. The van der Waals surface area contributed by atoms with Crippen molar-refractivity contribution in [2.24, 2.45) is 5.92 Å². The molecule has 1 atom stereocenters. The molecule has 1 N–H and O–H groups in total. The Labute approximate surface area is 199 Å². The third-order valence-corrected chi connectivity index (χ3v) is 7.65. The summed E-state index contributed by atoms with van der Waals surface area (Å²) in [6.07, 6.45) is 2.40. The van der Waals surface area contributed by atoms with Crippen LogP contribution in [-0.4, -0.2) is 45.2 Å². The zero-order valence-electron chi connectivity index (χ0n) is 19.0. The smallest absolute Gasteiger partial charge is 0.237 e. The lowest BCUT2D eigenvalue weighted by molar-refractivity contribution is -0.115. The minimum absolute atomic E-state index is 0.0735. The highest BCUT2D eigenvalue weighted by atomic mass is 35.5. The molecule has 0 saturated carbocycles. The number of benzene rings is 2. The number of anilines is 1. The summed E-state index contributed by atoms with van der Waals surface area (Å²) in [5, 5.41) is 4.13. The van der Waals surface area contributed by atoms with Crippen LogP contribution in [0.5, 0.6) is 0 Å². The predicted molar refractivity (Wildman–Crippen MR) is 135 cm³/mol. The van der Waals surface area contributed by atoms with Gasteiger partial charge in [0.05, 0.1) is 27.0 Å². The molecule has 1 saturated heterocycles. The zero-order valence-corrected chi connectivity index (χ0v) is 20.5. The van der Waals surface area contributed by atoms with Crippen molar-refractivity contribution in [1.82, 2.24) is 14.5 Å². The first-order valence-electron chi connectivity index (χ1n) is 11.4. The van der Waals surface area contributed by atoms with E-state index in [0.29, 0.717) is 16.6 Å². The second kappa shape index (κ2) is 10.3. The van der Waals surface area contributed by atoms with Gasteiger partial charge in [0.2, 0.25) is 5.91 Å². The number of carbonyl (C=O) groups is 1. The van der Waals surface area contributed by atoms with Crippen LogP contribution in [0.3, 0.4) is 0 Å². The Morgan fingerprint density at radius 2 is 2.00 bits per heavy atom. The molecule has 0 radical (unpaired) electrons. The molecule has 3 aromatic rings. The molecular formula is C25H31ClN4OS. The summed E-state index contributed by atoms with van der Waals surface area (Å²) in [6, 6.07) is 13.9. The minimum Gasteiger partial charge on any atom is -0.324 e. The third kappa shape index (κ3) is 5.30. The lowest BCUT2D eigenvalue weighted by Crippen LogP contribution is -2.34. The number of nitrogens with one attached hydrogen (secondary N) is 1. The second-order valence-electron chi connectivity index (χ2n) is 8.60. The van der Waals surface area contributed by atoms with Crippen molar-refractivity contribution in [1.29, 1.82) is 0 Å². The first-order chi connectivity index (χ1) is 15.4. The van der Waals surface area contributed by atoms with E-state index >= 15 is 0 Å². The monoisotopic (exact) mass is 470 g/mol. The molecule has 4 rings (SSSR count). The van der Waals surface area contributed by atoms with Crippen molar-refractivity contribution >= 4 is 46.0 Å². The van der Waals surface area contributed by atoms with Gasteiger partial charge in [0, 0.05) is 6.54 Å². The first-order valence-corrected chi connectivity index (χ1v) is 12.6. The molecule has 1 unspecified atom stereocenters. The molecule has 5 nitrogen and oxygen atoms in total. The topological polar surface area (TPSA) is 50.2 Å². The van der Waals surface area contributed by atoms with Crippen molar-refractivity contribution in [2.45, 2.75) is 50.6 Å². The quantitative estimate of drug-likeness (QED) is 0.440. The zero-order chi connectivity index (χ0) is 22.7. The number of fused-ring (bicyclic) bond motifs is 1. The number of aryl methyl sites for hydroxylation is 1. The number of thioether (sulfide) groups is 1. The lowest BCUT2D eigenvalue weighted by atomic mass is 9.97. The SMILES string of the molecule is CCN1CCC(Cn2c(SC(C)C(=O)Nc3ccc(C)cc3Cl)nc3ccccc32)CC1. The third-order valence-electron chi connectivity index (χ3n) is 6.25. The predicted octanol–water partition coefficient (Wildman–Crippen LogP) is 5.85. The van der Waals surface area contributed by atoms with Crippen LogP contribution in [0.25, 0.3) is 11.0 Å². The van der Waals surface area contributed by atoms with Crippen molar-refractivity contribution in [2.75, 3.05) is 25.0 Å². The maximum Gasteiger partial charge on any atom is 0.237 e. The number of para-hydroxylation sites is 2. The number of amides is 1. The van der Waals surface area contributed by atoms with Crippen LogP contribution in [-0.2, 0) is 11.3 Å². The number of aromatic nitrogens is 2. The van der Waals surface area contributed by atoms with Crippen molar-refractivity contribution in [3.8, 4) is 0 Å². The summed E-state index contributed by atoms with van der Waals surface area (Å²) in [5.74, 6) is 0.556. The Morgan fingerprint density at radius 1 is 1.25 bits per heavy atom. The van der Waals surface area contributed by atoms with Gasteiger partial charge >= 0.3 is 0 Å². The largest absolute Gasteiger partial charge is 0.324 e.